The van der Waals surface area contributed by atoms with Crippen molar-refractivity contribution in [1.29, 1.82) is 0 Å². The van der Waals surface area contributed by atoms with Crippen molar-refractivity contribution in [2.45, 2.75) is 27.3 Å². The van der Waals surface area contributed by atoms with E-state index < -0.39 is 5.97 Å². The number of ketones is 1. The maximum Gasteiger partial charge on any atom is 0.342 e. The molecule has 0 amide bonds. The van der Waals surface area contributed by atoms with Crippen molar-refractivity contribution in [3.05, 3.63) is 46.8 Å². The molecule has 1 heterocycles. The standard InChI is InChI=1S/C18H21NO5/c1-5-19-11(2)8-15(12(19)3)17(21)10-24-18(22)14-7-6-13(23-4)9-16(14)20/h6-9,20H,5,10H2,1-4H3. The number of hydrogen-bond donors (Lipinski definition) is 1. The van der Waals surface area contributed by atoms with Gasteiger partial charge >= 0.3 is 5.97 Å². The number of hydrogen-bond acceptors (Lipinski definition) is 5. The lowest BCUT2D eigenvalue weighted by Gasteiger charge is -2.08. The van der Waals surface area contributed by atoms with Gasteiger partial charge in [0.1, 0.15) is 17.1 Å². The molecule has 128 valence electrons. The highest BCUT2D eigenvalue weighted by atomic mass is 16.5. The largest absolute Gasteiger partial charge is 0.507 e. The first kappa shape index (κ1) is 17.6. The van der Waals surface area contributed by atoms with E-state index in [0.717, 1.165) is 17.9 Å². The molecule has 0 atom stereocenters. The molecule has 1 N–H and O–H groups in total. The fraction of sp³-hybridized carbons (Fsp3) is 0.333. The predicted octanol–water partition coefficient (Wildman–Crippen LogP) is 2.88. The number of benzene rings is 1. The minimum Gasteiger partial charge on any atom is -0.507 e. The topological polar surface area (TPSA) is 77.8 Å². The Bertz CT molecular complexity index is 776. The highest BCUT2D eigenvalue weighted by molar-refractivity contribution is 6.01. The molecule has 1 aromatic carbocycles. The molecule has 0 aliphatic heterocycles. The van der Waals surface area contributed by atoms with Crippen LogP contribution in [0.25, 0.3) is 0 Å². The van der Waals surface area contributed by atoms with E-state index in [-0.39, 0.29) is 23.7 Å². The van der Waals surface area contributed by atoms with Gasteiger partial charge in [-0.2, -0.15) is 0 Å². The van der Waals surface area contributed by atoms with Gasteiger partial charge < -0.3 is 19.1 Å². The monoisotopic (exact) mass is 331 g/mol. The van der Waals surface area contributed by atoms with Crippen molar-refractivity contribution in [1.82, 2.24) is 4.57 Å². The summed E-state index contributed by atoms with van der Waals surface area (Å²) >= 11 is 0. The van der Waals surface area contributed by atoms with Crippen LogP contribution < -0.4 is 4.74 Å². The van der Waals surface area contributed by atoms with Gasteiger partial charge in [-0.15, -0.1) is 0 Å². The Morgan fingerprint density at radius 2 is 1.88 bits per heavy atom. The highest BCUT2D eigenvalue weighted by Crippen LogP contribution is 2.24. The summed E-state index contributed by atoms with van der Waals surface area (Å²) in [7, 11) is 1.46. The van der Waals surface area contributed by atoms with Crippen LogP contribution in [0.2, 0.25) is 0 Å². The van der Waals surface area contributed by atoms with Crippen molar-refractivity contribution >= 4 is 11.8 Å². The van der Waals surface area contributed by atoms with Gasteiger partial charge in [0.05, 0.1) is 7.11 Å². The minimum atomic E-state index is -0.757. The van der Waals surface area contributed by atoms with Gasteiger partial charge in [-0.1, -0.05) is 0 Å². The third kappa shape index (κ3) is 3.42. The number of aromatic nitrogens is 1. The second-order valence-electron chi connectivity index (χ2n) is 5.41. The molecule has 2 rings (SSSR count). The Morgan fingerprint density at radius 1 is 1.17 bits per heavy atom. The zero-order valence-corrected chi connectivity index (χ0v) is 14.3. The number of carbonyl (C=O) groups is 2. The molecule has 6 nitrogen and oxygen atoms in total. The number of methoxy groups -OCH3 is 1. The number of aromatic hydroxyl groups is 1. The lowest BCUT2D eigenvalue weighted by atomic mass is 10.1. The Hall–Kier alpha value is -2.76. The van der Waals surface area contributed by atoms with Crippen LogP contribution in [-0.4, -0.2) is 35.1 Å². The number of aryl methyl sites for hydroxylation is 1. The molecule has 2 aromatic rings. The number of carbonyl (C=O) groups excluding carboxylic acids is 2. The van der Waals surface area contributed by atoms with Gasteiger partial charge in [-0.3, -0.25) is 4.79 Å². The van der Waals surface area contributed by atoms with Crippen molar-refractivity contribution in [3.63, 3.8) is 0 Å². The quantitative estimate of drug-likeness (QED) is 0.650. The van der Waals surface area contributed by atoms with Gasteiger partial charge in [0.2, 0.25) is 5.78 Å². The smallest absolute Gasteiger partial charge is 0.342 e. The Labute approximate surface area is 140 Å². The lowest BCUT2D eigenvalue weighted by Crippen LogP contribution is -2.15. The van der Waals surface area contributed by atoms with Gasteiger partial charge in [-0.05, 0) is 39.0 Å². The van der Waals surface area contributed by atoms with Crippen LogP contribution in [0, 0.1) is 13.8 Å². The van der Waals surface area contributed by atoms with E-state index in [1.165, 1.54) is 25.3 Å². The van der Waals surface area contributed by atoms with Gasteiger partial charge in [-0.25, -0.2) is 4.79 Å². The SMILES string of the molecule is CCn1c(C)cc(C(=O)COC(=O)c2ccc(OC)cc2O)c1C. The van der Waals surface area contributed by atoms with Crippen LogP contribution in [0.3, 0.4) is 0 Å². The van der Waals surface area contributed by atoms with E-state index >= 15 is 0 Å². The molecule has 0 bridgehead atoms. The summed E-state index contributed by atoms with van der Waals surface area (Å²) in [6.45, 7) is 6.18. The molecular formula is C18H21NO5. The molecule has 1 aromatic heterocycles. The number of esters is 1. The van der Waals surface area contributed by atoms with Crippen LogP contribution in [0.1, 0.15) is 39.0 Å². The summed E-state index contributed by atoms with van der Waals surface area (Å²) in [5, 5.41) is 9.82. The van der Waals surface area contributed by atoms with E-state index in [1.807, 2.05) is 25.3 Å². The van der Waals surface area contributed by atoms with E-state index in [9.17, 15) is 14.7 Å². The highest BCUT2D eigenvalue weighted by Gasteiger charge is 2.19. The normalized spacial score (nSPS) is 10.5. The molecular weight excluding hydrogens is 310 g/mol. The maximum absolute atomic E-state index is 12.3. The molecule has 0 radical (unpaired) electrons. The first-order valence-corrected chi connectivity index (χ1v) is 7.63. The molecule has 24 heavy (non-hydrogen) atoms. The van der Waals surface area contributed by atoms with E-state index in [2.05, 4.69) is 0 Å². The fourth-order valence-electron chi connectivity index (χ4n) is 2.67. The van der Waals surface area contributed by atoms with Crippen molar-refractivity contribution in [2.75, 3.05) is 13.7 Å². The summed E-state index contributed by atoms with van der Waals surface area (Å²) in [4.78, 5) is 24.3. The first-order chi connectivity index (χ1) is 11.4. The summed E-state index contributed by atoms with van der Waals surface area (Å²) in [6, 6.07) is 6.03. The van der Waals surface area contributed by atoms with E-state index in [4.69, 9.17) is 9.47 Å². The summed E-state index contributed by atoms with van der Waals surface area (Å²) in [5.74, 6) is -0.861. The Kier molecular flexibility index (Phi) is 5.28. The molecule has 0 saturated carbocycles. The van der Waals surface area contributed by atoms with Crippen LogP contribution >= 0.6 is 0 Å². The number of nitrogens with zero attached hydrogens (tertiary/aromatic N) is 1. The third-order valence-corrected chi connectivity index (χ3v) is 3.95. The zero-order chi connectivity index (χ0) is 17.9. The van der Waals surface area contributed by atoms with Crippen LogP contribution in [-0.2, 0) is 11.3 Å². The molecule has 0 saturated heterocycles. The number of ether oxygens (including phenoxy) is 2. The van der Waals surface area contributed by atoms with Crippen molar-refractivity contribution in [3.8, 4) is 11.5 Å². The molecule has 0 aliphatic rings. The first-order valence-electron chi connectivity index (χ1n) is 7.63. The number of phenolic OH excluding ortho intramolecular Hbond substituents is 1. The van der Waals surface area contributed by atoms with Crippen molar-refractivity contribution < 1.29 is 24.2 Å². The number of Topliss-reactive ketones (excluding diaryl/α,β-unsaturated/α-hetero) is 1. The molecule has 6 heteroatoms. The van der Waals surface area contributed by atoms with Gasteiger partial charge in [0.15, 0.2) is 6.61 Å². The predicted molar refractivity (Wildman–Crippen MR) is 88.9 cm³/mol. The maximum atomic E-state index is 12.3. The Morgan fingerprint density at radius 3 is 2.42 bits per heavy atom. The van der Waals surface area contributed by atoms with Crippen molar-refractivity contribution in [2.24, 2.45) is 0 Å². The third-order valence-electron chi connectivity index (χ3n) is 3.95. The van der Waals surface area contributed by atoms with Gasteiger partial charge in [0, 0.05) is 29.6 Å². The van der Waals surface area contributed by atoms with E-state index in [0.29, 0.717) is 11.3 Å². The molecule has 0 aliphatic carbocycles. The fourth-order valence-corrected chi connectivity index (χ4v) is 2.67. The number of phenols is 1. The molecule has 0 spiro atoms. The summed E-state index contributed by atoms with van der Waals surface area (Å²) in [5.41, 5.74) is 2.37. The second-order valence-corrected chi connectivity index (χ2v) is 5.41. The second kappa shape index (κ2) is 7.21. The average molecular weight is 331 g/mol. The zero-order valence-electron chi connectivity index (χ0n) is 14.3. The minimum absolute atomic E-state index is 0.0115. The van der Waals surface area contributed by atoms with Crippen LogP contribution in [0.15, 0.2) is 24.3 Å². The average Bonchev–Trinajstić information content (AvgIpc) is 2.86. The van der Waals surface area contributed by atoms with Crippen LogP contribution in [0.4, 0.5) is 0 Å². The molecule has 0 unspecified atom stereocenters. The summed E-state index contributed by atoms with van der Waals surface area (Å²) in [6.07, 6.45) is 0. The van der Waals surface area contributed by atoms with E-state index in [1.54, 1.807) is 6.07 Å². The molecule has 0 fully saturated rings. The summed E-state index contributed by atoms with van der Waals surface area (Å²) < 4.78 is 12.0. The van der Waals surface area contributed by atoms with Crippen LogP contribution in [0.5, 0.6) is 11.5 Å². The van der Waals surface area contributed by atoms with Gasteiger partial charge in [0.25, 0.3) is 0 Å². The number of rotatable bonds is 6. The Balaban J connectivity index is 2.08. The lowest BCUT2D eigenvalue weighted by molar-refractivity contribution is 0.0471.